The number of amides is 2. The van der Waals surface area contributed by atoms with Crippen LogP contribution in [0.1, 0.15) is 6.42 Å². The van der Waals surface area contributed by atoms with Crippen LogP contribution in [0.25, 0.3) is 0 Å². The van der Waals surface area contributed by atoms with Gasteiger partial charge in [0.15, 0.2) is 0 Å². The molecule has 1 heterocycles. The highest BCUT2D eigenvalue weighted by Gasteiger charge is 2.41. The van der Waals surface area contributed by atoms with Crippen LogP contribution in [-0.4, -0.2) is 25.5 Å². The van der Waals surface area contributed by atoms with Gasteiger partial charge in [0.25, 0.3) is 0 Å². The third kappa shape index (κ3) is 3.74. The number of carbonyl (C=O) groups is 2. The number of hydrogen-bond acceptors (Lipinski definition) is 5. The SMILES string of the molecule is O=C1C[C@@H](Sc2ccc(Cl)cc2)C(=O)N1c1ccc(S(=O)(=O)F)cc1F. The third-order valence-electron chi connectivity index (χ3n) is 3.64. The number of carbonyl (C=O) groups excluding carboxylic acids is 2. The summed E-state index contributed by atoms with van der Waals surface area (Å²) in [5.41, 5.74) is -0.411. The Bertz CT molecular complexity index is 996. The third-order valence-corrected chi connectivity index (χ3v) is 5.90. The first-order chi connectivity index (χ1) is 12.2. The molecule has 0 bridgehead atoms. The maximum absolute atomic E-state index is 14.2. The fourth-order valence-corrected chi connectivity index (χ4v) is 4.10. The Hall–Kier alpha value is -1.97. The van der Waals surface area contributed by atoms with Crippen LogP contribution in [0.2, 0.25) is 5.02 Å². The maximum atomic E-state index is 14.2. The van der Waals surface area contributed by atoms with E-state index in [1.54, 1.807) is 24.3 Å². The summed E-state index contributed by atoms with van der Waals surface area (Å²) in [5.74, 6) is -2.44. The van der Waals surface area contributed by atoms with Crippen molar-refractivity contribution in [2.75, 3.05) is 4.90 Å². The lowest BCUT2D eigenvalue weighted by Crippen LogP contribution is -2.31. The summed E-state index contributed by atoms with van der Waals surface area (Å²) in [7, 11) is -5.09. The minimum atomic E-state index is -5.09. The zero-order valence-electron chi connectivity index (χ0n) is 12.9. The van der Waals surface area contributed by atoms with Gasteiger partial charge in [-0.05, 0) is 42.5 Å². The van der Waals surface area contributed by atoms with Crippen LogP contribution < -0.4 is 4.90 Å². The first-order valence-corrected chi connectivity index (χ1v) is 9.84. The van der Waals surface area contributed by atoms with Crippen molar-refractivity contribution in [2.45, 2.75) is 21.5 Å². The van der Waals surface area contributed by atoms with Gasteiger partial charge in [-0.15, -0.1) is 15.6 Å². The second-order valence-electron chi connectivity index (χ2n) is 5.38. The molecule has 10 heteroatoms. The van der Waals surface area contributed by atoms with Crippen LogP contribution in [0.15, 0.2) is 52.3 Å². The summed E-state index contributed by atoms with van der Waals surface area (Å²) in [4.78, 5) is 25.2. The van der Waals surface area contributed by atoms with Gasteiger partial charge in [-0.2, -0.15) is 8.42 Å². The van der Waals surface area contributed by atoms with E-state index in [2.05, 4.69) is 0 Å². The molecule has 5 nitrogen and oxygen atoms in total. The molecular formula is C16H10ClF2NO4S2. The number of hydrogen-bond donors (Lipinski definition) is 0. The average molecular weight is 418 g/mol. The van der Waals surface area contributed by atoms with E-state index in [1.807, 2.05) is 0 Å². The molecule has 0 radical (unpaired) electrons. The minimum absolute atomic E-state index is 0.144. The molecule has 0 N–H and O–H groups in total. The summed E-state index contributed by atoms with van der Waals surface area (Å²) in [5, 5.41) is -0.234. The highest BCUT2D eigenvalue weighted by molar-refractivity contribution is 8.00. The first-order valence-electron chi connectivity index (χ1n) is 7.20. The molecule has 1 fully saturated rings. The van der Waals surface area contributed by atoms with Crippen LogP contribution in [-0.2, 0) is 19.8 Å². The molecule has 136 valence electrons. The van der Waals surface area contributed by atoms with Gasteiger partial charge in [-0.3, -0.25) is 9.59 Å². The van der Waals surface area contributed by atoms with Crippen LogP contribution in [0.3, 0.4) is 0 Å². The van der Waals surface area contributed by atoms with E-state index in [4.69, 9.17) is 11.6 Å². The molecule has 1 aliphatic heterocycles. The fourth-order valence-electron chi connectivity index (χ4n) is 2.45. The number of imide groups is 1. The molecule has 0 aromatic heterocycles. The van der Waals surface area contributed by atoms with Crippen molar-refractivity contribution in [2.24, 2.45) is 0 Å². The lowest BCUT2D eigenvalue weighted by Gasteiger charge is -2.16. The highest BCUT2D eigenvalue weighted by atomic mass is 35.5. The second-order valence-corrected chi connectivity index (χ2v) is 8.44. The molecule has 1 saturated heterocycles. The normalized spacial score (nSPS) is 17.8. The van der Waals surface area contributed by atoms with E-state index in [9.17, 15) is 26.3 Å². The topological polar surface area (TPSA) is 71.5 Å². The smallest absolute Gasteiger partial charge is 0.274 e. The van der Waals surface area contributed by atoms with E-state index in [0.29, 0.717) is 20.9 Å². The summed E-state index contributed by atoms with van der Waals surface area (Å²) in [6.07, 6.45) is -0.144. The van der Waals surface area contributed by atoms with Gasteiger partial charge in [0, 0.05) is 16.3 Å². The van der Waals surface area contributed by atoms with Gasteiger partial charge in [0.2, 0.25) is 11.8 Å². The van der Waals surface area contributed by atoms with E-state index in [0.717, 1.165) is 23.9 Å². The van der Waals surface area contributed by atoms with Crippen molar-refractivity contribution in [3.05, 3.63) is 53.3 Å². The van der Waals surface area contributed by atoms with Crippen LogP contribution in [0.5, 0.6) is 0 Å². The number of benzene rings is 2. The fraction of sp³-hybridized carbons (Fsp3) is 0.125. The summed E-state index contributed by atoms with van der Waals surface area (Å²) in [6.45, 7) is 0. The van der Waals surface area contributed by atoms with E-state index in [-0.39, 0.29) is 6.42 Å². The van der Waals surface area contributed by atoms with Gasteiger partial charge < -0.3 is 0 Å². The van der Waals surface area contributed by atoms with Gasteiger partial charge in [0.1, 0.15) is 10.7 Å². The summed E-state index contributed by atoms with van der Waals surface area (Å²) < 4.78 is 48.8. The number of anilines is 1. The molecule has 0 unspecified atom stereocenters. The molecular weight excluding hydrogens is 408 g/mol. The lowest BCUT2D eigenvalue weighted by atomic mass is 10.3. The molecule has 1 atom stereocenters. The van der Waals surface area contributed by atoms with Crippen molar-refractivity contribution in [1.29, 1.82) is 0 Å². The first kappa shape index (κ1) is 18.8. The van der Waals surface area contributed by atoms with Crippen LogP contribution in [0.4, 0.5) is 14.0 Å². The molecule has 2 amide bonds. The average Bonchev–Trinajstić information content (AvgIpc) is 2.83. The number of rotatable bonds is 4. The monoisotopic (exact) mass is 417 g/mol. The van der Waals surface area contributed by atoms with Crippen LogP contribution in [0, 0.1) is 5.82 Å². The van der Waals surface area contributed by atoms with Gasteiger partial charge in [-0.25, -0.2) is 9.29 Å². The van der Waals surface area contributed by atoms with E-state index >= 15 is 0 Å². The zero-order valence-corrected chi connectivity index (χ0v) is 15.2. The Kier molecular flexibility index (Phi) is 5.05. The Balaban J connectivity index is 1.86. The molecule has 2 aromatic carbocycles. The Morgan fingerprint density at radius 1 is 1.12 bits per heavy atom. The Morgan fingerprint density at radius 2 is 1.77 bits per heavy atom. The number of halogens is 3. The number of nitrogens with zero attached hydrogens (tertiary/aromatic N) is 1. The summed E-state index contributed by atoms with van der Waals surface area (Å²) >= 11 is 6.93. The predicted octanol–water partition coefficient (Wildman–Crippen LogP) is 3.56. The molecule has 2 aromatic rings. The molecule has 26 heavy (non-hydrogen) atoms. The predicted molar refractivity (Wildman–Crippen MR) is 92.9 cm³/mol. The van der Waals surface area contributed by atoms with Gasteiger partial charge >= 0.3 is 10.2 Å². The van der Waals surface area contributed by atoms with Crippen molar-refractivity contribution >= 4 is 51.1 Å². The van der Waals surface area contributed by atoms with Gasteiger partial charge in [-0.1, -0.05) is 11.6 Å². The lowest BCUT2D eigenvalue weighted by molar-refractivity contribution is -0.121. The van der Waals surface area contributed by atoms with Crippen molar-refractivity contribution < 1.29 is 26.3 Å². The van der Waals surface area contributed by atoms with Crippen molar-refractivity contribution in [1.82, 2.24) is 0 Å². The minimum Gasteiger partial charge on any atom is -0.274 e. The second kappa shape index (κ2) is 6.98. The summed E-state index contributed by atoms with van der Waals surface area (Å²) in [6, 6.07) is 8.78. The maximum Gasteiger partial charge on any atom is 0.332 e. The quantitative estimate of drug-likeness (QED) is 0.562. The number of thioether (sulfide) groups is 1. The molecule has 0 aliphatic carbocycles. The van der Waals surface area contributed by atoms with Gasteiger partial charge in [0.05, 0.1) is 10.9 Å². The zero-order chi connectivity index (χ0) is 19.1. The van der Waals surface area contributed by atoms with E-state index in [1.165, 1.54) is 0 Å². The molecule has 3 rings (SSSR count). The molecule has 0 saturated carbocycles. The molecule has 1 aliphatic rings. The Morgan fingerprint density at radius 3 is 2.35 bits per heavy atom. The van der Waals surface area contributed by atoms with Crippen molar-refractivity contribution in [3.8, 4) is 0 Å². The standard InChI is InChI=1S/C16H10ClF2NO4S2/c17-9-1-3-10(4-2-9)25-14-8-15(21)20(16(14)22)13-6-5-11(7-12(13)18)26(19,23)24/h1-7,14H,8H2/t14-/m1/s1. The van der Waals surface area contributed by atoms with E-state index < -0.39 is 43.7 Å². The largest absolute Gasteiger partial charge is 0.332 e. The highest BCUT2D eigenvalue weighted by Crippen LogP contribution is 2.35. The molecule has 0 spiro atoms. The van der Waals surface area contributed by atoms with Crippen molar-refractivity contribution in [3.63, 3.8) is 0 Å². The van der Waals surface area contributed by atoms with Crippen LogP contribution >= 0.6 is 23.4 Å². The Labute approximate surface area is 157 Å².